The Bertz CT molecular complexity index is 32.6. The van der Waals surface area contributed by atoms with Crippen molar-refractivity contribution in [3.63, 3.8) is 0 Å². The molecule has 4 heteroatoms. The second-order valence-electron chi connectivity index (χ2n) is 0.253. The van der Waals surface area contributed by atoms with E-state index in [0.717, 1.165) is 0 Å². The van der Waals surface area contributed by atoms with Crippen LogP contribution >= 0.6 is 0 Å². The predicted octanol–water partition coefficient (Wildman–Crippen LogP) is 0.253. The zero-order valence-corrected chi connectivity index (χ0v) is 4.73. The third-order valence-corrected chi connectivity index (χ3v) is 0. The van der Waals surface area contributed by atoms with E-state index in [1.165, 1.54) is 0 Å². The van der Waals surface area contributed by atoms with E-state index < -0.39 is 6.22 Å². The number of halogens is 1. The van der Waals surface area contributed by atoms with Gasteiger partial charge in [0, 0.05) is 29.6 Å². The van der Waals surface area contributed by atoms with Crippen molar-refractivity contribution in [2.45, 2.75) is 0 Å². The molecular weight excluding hydrogens is 86.0 g/mol. The molecule has 25 valence electrons. The van der Waals surface area contributed by atoms with Gasteiger partial charge in [0.25, 0.3) is 0 Å². The molecule has 0 saturated carbocycles. The smallest absolute Gasteiger partial charge is 0.456 e. The van der Waals surface area contributed by atoms with Crippen LogP contribution in [0.25, 0.3) is 0 Å². The van der Waals surface area contributed by atoms with E-state index >= 15 is 0 Å². The fraction of sp³-hybridized carbons (Fsp3) is 0. The Balaban J connectivity index is 0. The summed E-state index contributed by atoms with van der Waals surface area (Å²) in [5.74, 6) is 0. The van der Waals surface area contributed by atoms with Crippen molar-refractivity contribution in [2.24, 2.45) is 0 Å². The Kier molecular flexibility index (Phi) is 7.96. The van der Waals surface area contributed by atoms with Crippen LogP contribution in [-0.4, -0.2) is 40.9 Å². The minimum Gasteiger partial charge on any atom is -0.456 e. The van der Waals surface area contributed by atoms with Gasteiger partial charge in [0.1, 0.15) is 0 Å². The second-order valence-corrected chi connectivity index (χ2v) is 0.253. The van der Waals surface area contributed by atoms with Crippen molar-refractivity contribution in [2.75, 3.05) is 0 Å². The fourth-order valence-corrected chi connectivity index (χ4v) is 0. The van der Waals surface area contributed by atoms with Crippen LogP contribution in [0.1, 0.15) is 0 Å². The summed E-state index contributed by atoms with van der Waals surface area (Å²) in [5.41, 5.74) is 0. The van der Waals surface area contributed by atoms with Gasteiger partial charge in [-0.1, -0.05) is 0 Å². The van der Waals surface area contributed by atoms with E-state index in [4.69, 9.17) is 9.90 Å². The molecule has 0 aromatic carbocycles. The Morgan fingerprint density at radius 3 is 1.80 bits per heavy atom. The number of rotatable bonds is 0. The summed E-state index contributed by atoms with van der Waals surface area (Å²) >= 11 is 0. The Morgan fingerprint density at radius 1 is 1.80 bits per heavy atom. The van der Waals surface area contributed by atoms with Gasteiger partial charge >= 0.3 is 6.22 Å². The van der Waals surface area contributed by atoms with Gasteiger partial charge in [-0.3, -0.25) is 0 Å². The maximum absolute atomic E-state index is 9.92. The summed E-state index contributed by atoms with van der Waals surface area (Å²) in [6, 6.07) is 0. The van der Waals surface area contributed by atoms with Gasteiger partial charge in [-0.15, -0.1) is 4.39 Å². The maximum atomic E-state index is 9.92. The SMILES string of the molecule is O=C(O)F.[Na]. The molecule has 0 aliphatic rings. The van der Waals surface area contributed by atoms with Gasteiger partial charge in [0.05, 0.1) is 0 Å². The molecule has 2 nitrogen and oxygen atoms in total. The molecule has 0 saturated heterocycles. The van der Waals surface area contributed by atoms with E-state index in [9.17, 15) is 4.39 Å². The van der Waals surface area contributed by atoms with Crippen molar-refractivity contribution < 1.29 is 14.3 Å². The first-order valence-electron chi connectivity index (χ1n) is 0.617. The van der Waals surface area contributed by atoms with E-state index in [2.05, 4.69) is 0 Å². The van der Waals surface area contributed by atoms with Gasteiger partial charge in [0.15, 0.2) is 0 Å². The minimum atomic E-state index is -2.33. The van der Waals surface area contributed by atoms with Crippen LogP contribution in [0.3, 0.4) is 0 Å². The van der Waals surface area contributed by atoms with Crippen LogP contribution in [0.4, 0.5) is 9.18 Å². The molecule has 0 aliphatic heterocycles. The first-order chi connectivity index (χ1) is 1.73. The number of hydrogen-bond donors (Lipinski definition) is 1. The predicted molar refractivity (Wildman–Crippen MR) is 14.9 cm³/mol. The summed E-state index contributed by atoms with van der Waals surface area (Å²) in [7, 11) is 0. The number of hydrogen-bond acceptors (Lipinski definition) is 1. The van der Waals surface area contributed by atoms with Gasteiger partial charge < -0.3 is 5.11 Å². The standard InChI is InChI=1S/CHFO2.Na/c2-1(3)4;/h(H,3,4);. The van der Waals surface area contributed by atoms with Crippen molar-refractivity contribution in [3.05, 3.63) is 0 Å². The molecule has 0 aliphatic carbocycles. The molecule has 0 bridgehead atoms. The largest absolute Gasteiger partial charge is 0.492 e. The third kappa shape index (κ3) is 158. The van der Waals surface area contributed by atoms with Crippen molar-refractivity contribution in [1.29, 1.82) is 0 Å². The average molecular weight is 87.0 g/mol. The molecule has 1 radical (unpaired) electrons. The van der Waals surface area contributed by atoms with Crippen LogP contribution < -0.4 is 0 Å². The summed E-state index contributed by atoms with van der Waals surface area (Å²) in [5, 5.41) is 6.75. The summed E-state index contributed by atoms with van der Waals surface area (Å²) < 4.78 is 9.92. The maximum Gasteiger partial charge on any atom is 0.492 e. The van der Waals surface area contributed by atoms with Gasteiger partial charge in [-0.25, -0.2) is 4.79 Å². The topological polar surface area (TPSA) is 37.3 Å². The average Bonchev–Trinajstić information content (AvgIpc) is 0.811. The van der Waals surface area contributed by atoms with Crippen LogP contribution in [-0.2, 0) is 0 Å². The Morgan fingerprint density at radius 2 is 1.80 bits per heavy atom. The molecule has 0 aromatic rings. The second kappa shape index (κ2) is 4.40. The molecular formula is CHFNaO2. The minimum absolute atomic E-state index is 0. The summed E-state index contributed by atoms with van der Waals surface area (Å²) in [6.45, 7) is 0. The molecule has 0 heterocycles. The van der Waals surface area contributed by atoms with E-state index in [1.807, 2.05) is 0 Å². The number of carbonyl (C=O) groups is 1. The monoisotopic (exact) mass is 87.0 g/mol. The van der Waals surface area contributed by atoms with E-state index in [1.54, 1.807) is 0 Å². The van der Waals surface area contributed by atoms with Crippen LogP contribution in [0.5, 0.6) is 0 Å². The molecule has 0 fully saturated rings. The zero-order chi connectivity index (χ0) is 3.58. The first-order valence-corrected chi connectivity index (χ1v) is 0.617. The molecule has 5 heavy (non-hydrogen) atoms. The molecule has 0 atom stereocenters. The van der Waals surface area contributed by atoms with E-state index in [0.29, 0.717) is 0 Å². The normalized spacial score (nSPS) is 5.00. The van der Waals surface area contributed by atoms with Gasteiger partial charge in [-0.2, -0.15) is 0 Å². The van der Waals surface area contributed by atoms with Crippen molar-refractivity contribution in [3.8, 4) is 0 Å². The van der Waals surface area contributed by atoms with Crippen molar-refractivity contribution >= 4 is 35.8 Å². The molecule has 0 aromatic heterocycles. The van der Waals surface area contributed by atoms with E-state index in [-0.39, 0.29) is 29.6 Å². The van der Waals surface area contributed by atoms with Crippen LogP contribution in [0.15, 0.2) is 0 Å². The zero-order valence-electron chi connectivity index (χ0n) is 2.73. The third-order valence-electron chi connectivity index (χ3n) is 0. The molecule has 0 amide bonds. The molecule has 0 rings (SSSR count). The Labute approximate surface area is 50.3 Å². The first kappa shape index (κ1) is 9.04. The van der Waals surface area contributed by atoms with Gasteiger partial charge in [-0.05, 0) is 0 Å². The van der Waals surface area contributed by atoms with Crippen LogP contribution in [0.2, 0.25) is 0 Å². The fourth-order valence-electron chi connectivity index (χ4n) is 0. The molecule has 0 spiro atoms. The summed E-state index contributed by atoms with van der Waals surface area (Å²) in [6.07, 6.45) is -2.33. The molecule has 0 unspecified atom stereocenters. The summed E-state index contributed by atoms with van der Waals surface area (Å²) in [4.78, 5) is 8.33. The molecule has 1 N–H and O–H groups in total. The Hall–Kier alpha value is 0.400. The number of carboxylic acid groups (broad SMARTS) is 1. The van der Waals surface area contributed by atoms with Crippen LogP contribution in [0, 0.1) is 0 Å². The van der Waals surface area contributed by atoms with Crippen molar-refractivity contribution in [1.82, 2.24) is 0 Å². The van der Waals surface area contributed by atoms with Gasteiger partial charge in [0.2, 0.25) is 0 Å². The quantitative estimate of drug-likeness (QED) is 0.339.